The Labute approximate surface area is 199 Å². The molecular weight excluding hydrogens is 444 g/mol. The third-order valence-electron chi connectivity index (χ3n) is 6.06. The molecule has 5 rings (SSSR count). The van der Waals surface area contributed by atoms with Crippen LogP contribution in [0.3, 0.4) is 0 Å². The van der Waals surface area contributed by atoms with Gasteiger partial charge < -0.3 is 4.90 Å². The van der Waals surface area contributed by atoms with Gasteiger partial charge >= 0.3 is 0 Å². The first kappa shape index (κ1) is 22.1. The molecule has 1 N–H and O–H groups in total. The van der Waals surface area contributed by atoms with E-state index in [1.54, 1.807) is 35.2 Å². The highest BCUT2D eigenvalue weighted by atomic mass is 32.2. The number of rotatable bonds is 6. The number of carbonyl (C=O) groups excluding carboxylic acids is 1. The van der Waals surface area contributed by atoms with Gasteiger partial charge in [0.05, 0.1) is 10.9 Å². The van der Waals surface area contributed by atoms with Gasteiger partial charge in [0.15, 0.2) is 0 Å². The van der Waals surface area contributed by atoms with E-state index in [4.69, 9.17) is 0 Å². The van der Waals surface area contributed by atoms with Crippen molar-refractivity contribution < 1.29 is 13.2 Å². The minimum atomic E-state index is -3.82. The number of sulfonamides is 1. The van der Waals surface area contributed by atoms with Gasteiger partial charge in [-0.3, -0.25) is 4.79 Å². The maximum atomic E-state index is 13.4. The summed E-state index contributed by atoms with van der Waals surface area (Å²) in [6, 6.07) is 32.6. The summed E-state index contributed by atoms with van der Waals surface area (Å²) < 4.78 is 29.8. The Morgan fingerprint density at radius 2 is 1.32 bits per heavy atom. The molecule has 6 heteroatoms. The lowest BCUT2D eigenvalue weighted by Crippen LogP contribution is -2.30. The Morgan fingerprint density at radius 1 is 0.765 bits per heavy atom. The smallest absolute Gasteiger partial charge is 0.258 e. The summed E-state index contributed by atoms with van der Waals surface area (Å²) in [5.74, 6) is -0.0821. The summed E-state index contributed by atoms with van der Waals surface area (Å²) in [5.41, 5.74) is 3.94. The molecule has 1 aliphatic heterocycles. The maximum Gasteiger partial charge on any atom is 0.258 e. The molecule has 4 aromatic rings. The summed E-state index contributed by atoms with van der Waals surface area (Å²) in [6.45, 7) is 0.524. The first-order chi connectivity index (χ1) is 16.5. The number of nitrogens with zero attached hydrogens (tertiary/aromatic N) is 1. The number of fused-ring (bicyclic) bond motifs is 1. The van der Waals surface area contributed by atoms with Crippen molar-refractivity contribution in [3.8, 4) is 0 Å². The summed E-state index contributed by atoms with van der Waals surface area (Å²) in [7, 11) is -3.82. The minimum absolute atomic E-state index is 0.0821. The van der Waals surface area contributed by atoms with Crippen LogP contribution in [-0.2, 0) is 16.4 Å². The predicted octanol–water partition coefficient (Wildman–Crippen LogP) is 4.96. The van der Waals surface area contributed by atoms with Crippen LogP contribution in [0.25, 0.3) is 0 Å². The van der Waals surface area contributed by atoms with Gasteiger partial charge in [-0.1, -0.05) is 78.9 Å². The van der Waals surface area contributed by atoms with Crippen LogP contribution < -0.4 is 9.62 Å². The molecule has 1 aliphatic rings. The second-order valence-corrected chi connectivity index (χ2v) is 9.95. The number of hydrogen-bond donors (Lipinski definition) is 1. The molecule has 0 saturated carbocycles. The molecule has 0 radical (unpaired) electrons. The molecule has 0 spiro atoms. The van der Waals surface area contributed by atoms with Crippen LogP contribution in [0.4, 0.5) is 5.69 Å². The standard InChI is InChI=1S/C28H24N2O3S/c31-28(23-14-8-3-9-15-23)30-19-18-24-20-25(16-17-26(24)30)34(32,33)29-27(21-10-4-1-5-11-21)22-12-6-2-7-13-22/h1-17,20,27,29H,18-19H2. The van der Waals surface area contributed by atoms with Crippen molar-refractivity contribution in [2.45, 2.75) is 17.4 Å². The largest absolute Gasteiger partial charge is 0.308 e. The Kier molecular flexibility index (Phi) is 6.01. The Balaban J connectivity index is 1.44. The van der Waals surface area contributed by atoms with Gasteiger partial charge in [-0.25, -0.2) is 8.42 Å². The molecule has 0 aliphatic carbocycles. The van der Waals surface area contributed by atoms with Crippen molar-refractivity contribution in [1.29, 1.82) is 0 Å². The molecule has 0 aromatic heterocycles. The second kappa shape index (κ2) is 9.25. The Morgan fingerprint density at radius 3 is 1.91 bits per heavy atom. The van der Waals surface area contributed by atoms with Gasteiger partial charge in [0.25, 0.3) is 5.91 Å². The molecule has 1 heterocycles. The fraction of sp³-hybridized carbons (Fsp3) is 0.107. The third-order valence-corrected chi connectivity index (χ3v) is 7.48. The van der Waals surface area contributed by atoms with E-state index in [0.717, 1.165) is 22.4 Å². The van der Waals surface area contributed by atoms with E-state index in [-0.39, 0.29) is 10.8 Å². The number of carbonyl (C=O) groups is 1. The Bertz CT molecular complexity index is 1370. The number of nitrogens with one attached hydrogen (secondary N) is 1. The van der Waals surface area contributed by atoms with Crippen molar-refractivity contribution in [2.24, 2.45) is 0 Å². The van der Waals surface area contributed by atoms with E-state index in [1.165, 1.54) is 0 Å². The fourth-order valence-corrected chi connectivity index (χ4v) is 5.60. The molecule has 0 fully saturated rings. The SMILES string of the molecule is O=C(c1ccccc1)N1CCc2cc(S(=O)(=O)NC(c3ccccc3)c3ccccc3)ccc21. The fourth-order valence-electron chi connectivity index (χ4n) is 4.34. The number of benzene rings is 4. The topological polar surface area (TPSA) is 66.5 Å². The lowest BCUT2D eigenvalue weighted by Gasteiger charge is -2.21. The number of hydrogen-bond acceptors (Lipinski definition) is 3. The molecule has 0 saturated heterocycles. The monoisotopic (exact) mass is 468 g/mol. The van der Waals surface area contributed by atoms with Crippen LogP contribution >= 0.6 is 0 Å². The average Bonchev–Trinajstić information content (AvgIpc) is 3.32. The van der Waals surface area contributed by atoms with Crippen molar-refractivity contribution in [2.75, 3.05) is 11.4 Å². The van der Waals surface area contributed by atoms with E-state index in [0.29, 0.717) is 18.5 Å². The van der Waals surface area contributed by atoms with Crippen molar-refractivity contribution in [3.63, 3.8) is 0 Å². The van der Waals surface area contributed by atoms with Gasteiger partial charge in [-0.2, -0.15) is 4.72 Å². The van der Waals surface area contributed by atoms with E-state index in [9.17, 15) is 13.2 Å². The summed E-state index contributed by atoms with van der Waals surface area (Å²) in [6.07, 6.45) is 0.609. The van der Waals surface area contributed by atoms with Gasteiger partial charge in [0.1, 0.15) is 0 Å². The van der Waals surface area contributed by atoms with E-state index in [2.05, 4.69) is 4.72 Å². The van der Waals surface area contributed by atoms with E-state index in [1.807, 2.05) is 78.9 Å². The summed E-state index contributed by atoms with van der Waals surface area (Å²) in [4.78, 5) is 14.9. The van der Waals surface area contributed by atoms with Crippen molar-refractivity contribution in [3.05, 3.63) is 131 Å². The normalized spacial score (nSPS) is 13.1. The van der Waals surface area contributed by atoms with Gasteiger partial charge in [-0.05, 0) is 53.4 Å². The molecular formula is C28H24N2O3S. The highest BCUT2D eigenvalue weighted by molar-refractivity contribution is 7.89. The van der Waals surface area contributed by atoms with Crippen LogP contribution in [0.15, 0.2) is 114 Å². The number of anilines is 1. The molecule has 1 amide bonds. The summed E-state index contributed by atoms with van der Waals surface area (Å²) in [5, 5.41) is 0. The quantitative estimate of drug-likeness (QED) is 0.435. The van der Waals surface area contributed by atoms with Crippen LogP contribution in [0.2, 0.25) is 0 Å². The lowest BCUT2D eigenvalue weighted by atomic mass is 10.00. The Hall–Kier alpha value is -3.74. The highest BCUT2D eigenvalue weighted by Gasteiger charge is 2.28. The number of amides is 1. The highest BCUT2D eigenvalue weighted by Crippen LogP contribution is 2.32. The molecule has 170 valence electrons. The molecule has 5 nitrogen and oxygen atoms in total. The molecule has 34 heavy (non-hydrogen) atoms. The van der Waals surface area contributed by atoms with Crippen molar-refractivity contribution in [1.82, 2.24) is 4.72 Å². The summed E-state index contributed by atoms with van der Waals surface area (Å²) >= 11 is 0. The first-order valence-corrected chi connectivity index (χ1v) is 12.6. The first-order valence-electron chi connectivity index (χ1n) is 11.1. The van der Waals surface area contributed by atoms with Crippen LogP contribution in [-0.4, -0.2) is 20.9 Å². The average molecular weight is 469 g/mol. The van der Waals surface area contributed by atoms with Crippen LogP contribution in [0.5, 0.6) is 0 Å². The lowest BCUT2D eigenvalue weighted by molar-refractivity contribution is 0.0989. The zero-order chi connectivity index (χ0) is 23.5. The minimum Gasteiger partial charge on any atom is -0.308 e. The second-order valence-electron chi connectivity index (χ2n) is 8.24. The zero-order valence-electron chi connectivity index (χ0n) is 18.5. The van der Waals surface area contributed by atoms with Gasteiger partial charge in [-0.15, -0.1) is 0 Å². The molecule has 0 atom stereocenters. The molecule has 0 bridgehead atoms. The van der Waals surface area contributed by atoms with Gasteiger partial charge in [0.2, 0.25) is 10.0 Å². The van der Waals surface area contributed by atoms with Gasteiger partial charge in [0, 0.05) is 17.8 Å². The van der Waals surface area contributed by atoms with E-state index >= 15 is 0 Å². The predicted molar refractivity (Wildman–Crippen MR) is 133 cm³/mol. The van der Waals surface area contributed by atoms with Crippen LogP contribution in [0.1, 0.15) is 33.1 Å². The van der Waals surface area contributed by atoms with Crippen LogP contribution in [0, 0.1) is 0 Å². The van der Waals surface area contributed by atoms with Crippen molar-refractivity contribution >= 4 is 21.6 Å². The van der Waals surface area contributed by atoms with E-state index < -0.39 is 16.1 Å². The maximum absolute atomic E-state index is 13.4. The molecule has 4 aromatic carbocycles. The zero-order valence-corrected chi connectivity index (χ0v) is 19.3. The molecule has 0 unspecified atom stereocenters. The third kappa shape index (κ3) is 4.38.